The van der Waals surface area contributed by atoms with E-state index < -0.39 is 0 Å². The number of likely N-dealkylation sites (N-methyl/N-ethyl adjacent to an activating group) is 1. The fourth-order valence-corrected chi connectivity index (χ4v) is 5.69. The molecule has 1 saturated heterocycles. The second-order valence-corrected chi connectivity index (χ2v) is 10.0. The third-order valence-electron chi connectivity index (χ3n) is 6.80. The van der Waals surface area contributed by atoms with Gasteiger partial charge in [0.15, 0.2) is 0 Å². The molecule has 8 heteroatoms. The number of carbonyl (C=O) groups is 1. The molecular formula is C25H30ClFN4OS. The third-order valence-corrected chi connectivity index (χ3v) is 7.96. The highest BCUT2D eigenvalue weighted by Gasteiger charge is 2.33. The number of rotatable bonds is 7. The first-order valence-corrected chi connectivity index (χ1v) is 12.6. The van der Waals surface area contributed by atoms with E-state index >= 15 is 0 Å². The van der Waals surface area contributed by atoms with Crippen LogP contribution in [0.1, 0.15) is 40.0 Å². The Morgan fingerprint density at radius 1 is 1.30 bits per heavy atom. The number of nitrogens with zero attached hydrogens (tertiary/aromatic N) is 4. The molecule has 2 aromatic heterocycles. The fourth-order valence-electron chi connectivity index (χ4n) is 4.82. The number of thiophene rings is 1. The van der Waals surface area contributed by atoms with Crippen LogP contribution in [0.15, 0.2) is 41.1 Å². The average molecular weight is 489 g/mol. The van der Waals surface area contributed by atoms with Crippen molar-refractivity contribution in [3.8, 4) is 0 Å². The Kier molecular flexibility index (Phi) is 7.51. The first-order chi connectivity index (χ1) is 15.8. The minimum atomic E-state index is -0.210. The highest BCUT2D eigenvalue weighted by Crippen LogP contribution is 2.30. The first-order valence-electron chi connectivity index (χ1n) is 11.3. The Morgan fingerprint density at radius 3 is 2.64 bits per heavy atom. The van der Waals surface area contributed by atoms with E-state index in [4.69, 9.17) is 11.6 Å². The predicted octanol–water partition coefficient (Wildman–Crippen LogP) is 5.18. The average Bonchev–Trinajstić information content (AvgIpc) is 3.43. The summed E-state index contributed by atoms with van der Waals surface area (Å²) < 4.78 is 16.2. The van der Waals surface area contributed by atoms with Crippen molar-refractivity contribution in [1.29, 1.82) is 0 Å². The maximum Gasteiger partial charge on any atom is 0.254 e. The first kappa shape index (κ1) is 23.9. The molecule has 0 bridgehead atoms. The van der Waals surface area contributed by atoms with Gasteiger partial charge < -0.3 is 4.90 Å². The number of hydrogen-bond acceptors (Lipinski definition) is 4. The van der Waals surface area contributed by atoms with Gasteiger partial charge in [-0.1, -0.05) is 29.8 Å². The van der Waals surface area contributed by atoms with Gasteiger partial charge in [-0.3, -0.25) is 14.4 Å². The molecule has 1 aromatic carbocycles. The Balaban J connectivity index is 1.49. The van der Waals surface area contributed by atoms with Crippen LogP contribution in [0.5, 0.6) is 0 Å². The highest BCUT2D eigenvalue weighted by molar-refractivity contribution is 7.08. The SMILES string of the molecule is Cc1nn(C)c(Cl)c1CN1CCC(C(Cc2ccccc2F)N(C)C(=O)c2ccsc2)CC1. The Labute approximate surface area is 203 Å². The van der Waals surface area contributed by atoms with Crippen molar-refractivity contribution in [2.24, 2.45) is 13.0 Å². The molecule has 1 amide bonds. The summed E-state index contributed by atoms with van der Waals surface area (Å²) in [5.74, 6) is 0.0784. The number of hydrogen-bond donors (Lipinski definition) is 0. The van der Waals surface area contributed by atoms with Crippen molar-refractivity contribution in [3.63, 3.8) is 0 Å². The van der Waals surface area contributed by atoms with Gasteiger partial charge in [-0.25, -0.2) is 4.39 Å². The molecule has 0 N–H and O–H groups in total. The summed E-state index contributed by atoms with van der Waals surface area (Å²) in [4.78, 5) is 17.4. The summed E-state index contributed by atoms with van der Waals surface area (Å²) in [7, 11) is 3.72. The molecule has 0 radical (unpaired) electrons. The molecule has 1 aliphatic heterocycles. The van der Waals surface area contributed by atoms with Crippen LogP contribution < -0.4 is 0 Å². The van der Waals surface area contributed by atoms with Gasteiger partial charge in [0.1, 0.15) is 11.0 Å². The summed E-state index contributed by atoms with van der Waals surface area (Å²) in [6, 6.07) is 8.67. The molecule has 1 fully saturated rings. The van der Waals surface area contributed by atoms with Crippen LogP contribution in [0.4, 0.5) is 4.39 Å². The number of amides is 1. The normalized spacial score (nSPS) is 16.2. The minimum Gasteiger partial charge on any atom is -0.338 e. The molecule has 3 heterocycles. The number of benzene rings is 1. The lowest BCUT2D eigenvalue weighted by atomic mass is 9.84. The van der Waals surface area contributed by atoms with E-state index in [9.17, 15) is 9.18 Å². The topological polar surface area (TPSA) is 41.4 Å². The van der Waals surface area contributed by atoms with Gasteiger partial charge in [-0.2, -0.15) is 16.4 Å². The maximum absolute atomic E-state index is 14.5. The van der Waals surface area contributed by atoms with Crippen LogP contribution in [0, 0.1) is 18.7 Å². The standard InChI is InChI=1S/C25H30ClFN4OS/c1-17-21(24(26)30(3)28-17)15-31-11-8-18(9-12-31)23(14-19-6-4-5-7-22(19)27)29(2)25(32)20-10-13-33-16-20/h4-7,10,13,16,18,23H,8-9,11-12,14-15H2,1-3H3. The second-order valence-electron chi connectivity index (χ2n) is 8.88. The number of aryl methyl sites for hydroxylation is 2. The van der Waals surface area contributed by atoms with E-state index in [-0.39, 0.29) is 17.8 Å². The summed E-state index contributed by atoms with van der Waals surface area (Å²) in [6.45, 7) is 4.57. The highest BCUT2D eigenvalue weighted by atomic mass is 35.5. The molecule has 3 aromatic rings. The Bertz CT molecular complexity index is 1090. The van der Waals surface area contributed by atoms with Crippen molar-refractivity contribution in [1.82, 2.24) is 19.6 Å². The molecule has 33 heavy (non-hydrogen) atoms. The molecule has 4 rings (SSSR count). The minimum absolute atomic E-state index is 0.00205. The third kappa shape index (κ3) is 5.31. The molecule has 1 aliphatic rings. The van der Waals surface area contributed by atoms with Crippen LogP contribution in [0.2, 0.25) is 5.15 Å². The Hall–Kier alpha value is -2.22. The molecule has 1 atom stereocenters. The summed E-state index contributed by atoms with van der Waals surface area (Å²) in [5.41, 5.74) is 3.39. The van der Waals surface area contributed by atoms with Crippen LogP contribution in [0.25, 0.3) is 0 Å². The van der Waals surface area contributed by atoms with E-state index in [1.807, 2.05) is 54.9 Å². The Morgan fingerprint density at radius 2 is 2.03 bits per heavy atom. The van der Waals surface area contributed by atoms with Crippen molar-refractivity contribution in [3.05, 3.63) is 74.4 Å². The van der Waals surface area contributed by atoms with Crippen LogP contribution in [-0.4, -0.2) is 51.7 Å². The number of carbonyl (C=O) groups excluding carboxylic acids is 1. The monoisotopic (exact) mass is 488 g/mol. The van der Waals surface area contributed by atoms with E-state index in [2.05, 4.69) is 10.00 Å². The lowest BCUT2D eigenvalue weighted by Crippen LogP contribution is -2.47. The largest absolute Gasteiger partial charge is 0.338 e. The lowest BCUT2D eigenvalue weighted by molar-refractivity contribution is 0.0583. The number of likely N-dealkylation sites (tertiary alicyclic amines) is 1. The van der Waals surface area contributed by atoms with Crippen molar-refractivity contribution < 1.29 is 9.18 Å². The summed E-state index contributed by atoms with van der Waals surface area (Å²) >= 11 is 7.95. The molecule has 0 saturated carbocycles. The van der Waals surface area contributed by atoms with Crippen molar-refractivity contribution in [2.75, 3.05) is 20.1 Å². The van der Waals surface area contributed by atoms with Gasteiger partial charge in [0.05, 0.1) is 11.3 Å². The predicted molar refractivity (Wildman–Crippen MR) is 131 cm³/mol. The summed E-state index contributed by atoms with van der Waals surface area (Å²) in [5, 5.41) is 8.90. The zero-order valence-corrected chi connectivity index (χ0v) is 20.9. The van der Waals surface area contributed by atoms with Crippen LogP contribution in [0.3, 0.4) is 0 Å². The van der Waals surface area contributed by atoms with Gasteiger partial charge in [0, 0.05) is 37.6 Å². The van der Waals surface area contributed by atoms with Gasteiger partial charge in [0.25, 0.3) is 5.91 Å². The lowest BCUT2D eigenvalue weighted by Gasteiger charge is -2.40. The quantitative estimate of drug-likeness (QED) is 0.460. The smallest absolute Gasteiger partial charge is 0.254 e. The molecule has 5 nitrogen and oxygen atoms in total. The number of piperidine rings is 1. The molecule has 1 unspecified atom stereocenters. The molecule has 0 spiro atoms. The zero-order valence-electron chi connectivity index (χ0n) is 19.3. The number of aromatic nitrogens is 2. The van der Waals surface area contributed by atoms with E-state index in [1.54, 1.807) is 10.7 Å². The zero-order chi connectivity index (χ0) is 23.5. The van der Waals surface area contributed by atoms with Gasteiger partial charge in [-0.15, -0.1) is 0 Å². The van der Waals surface area contributed by atoms with Crippen LogP contribution >= 0.6 is 22.9 Å². The maximum atomic E-state index is 14.5. The van der Waals surface area contributed by atoms with Crippen molar-refractivity contribution in [2.45, 2.75) is 38.8 Å². The van der Waals surface area contributed by atoms with E-state index in [0.29, 0.717) is 28.6 Å². The fraction of sp³-hybridized carbons (Fsp3) is 0.440. The van der Waals surface area contributed by atoms with Gasteiger partial charge in [-0.05, 0) is 68.3 Å². The van der Waals surface area contributed by atoms with Gasteiger partial charge in [0.2, 0.25) is 0 Å². The molecule has 176 valence electrons. The number of halogens is 2. The van der Waals surface area contributed by atoms with E-state index in [0.717, 1.165) is 43.7 Å². The van der Waals surface area contributed by atoms with Crippen LogP contribution in [-0.2, 0) is 20.0 Å². The van der Waals surface area contributed by atoms with Crippen molar-refractivity contribution >= 4 is 28.8 Å². The van der Waals surface area contributed by atoms with E-state index in [1.165, 1.54) is 17.4 Å². The second kappa shape index (κ2) is 10.4. The molecule has 0 aliphatic carbocycles. The molecular weight excluding hydrogens is 459 g/mol. The summed E-state index contributed by atoms with van der Waals surface area (Å²) in [6.07, 6.45) is 2.39. The van der Waals surface area contributed by atoms with Gasteiger partial charge >= 0.3 is 0 Å².